The zero-order chi connectivity index (χ0) is 14.4. The number of hydrogen-bond donors (Lipinski definition) is 0. The summed E-state index contributed by atoms with van der Waals surface area (Å²) < 4.78 is 0. The third kappa shape index (κ3) is 4.06. The lowest BCUT2D eigenvalue weighted by molar-refractivity contribution is 0.0951. The standard InChI is InChI=1S/C19H22O/c1-15(13-17-9-5-3-6-10-17)16(2)14-19(20)18-11-7-4-8-12-18/h3-12,15-16H,13-14H2,1-2H3. The van der Waals surface area contributed by atoms with E-state index in [-0.39, 0.29) is 5.78 Å². The third-order valence-electron chi connectivity index (χ3n) is 3.98. The Bertz CT molecular complexity index is 530. The molecule has 0 fully saturated rings. The van der Waals surface area contributed by atoms with E-state index in [1.807, 2.05) is 36.4 Å². The average Bonchev–Trinajstić information content (AvgIpc) is 2.49. The van der Waals surface area contributed by atoms with Crippen molar-refractivity contribution in [2.24, 2.45) is 11.8 Å². The number of Topliss-reactive ketones (excluding diaryl/α,β-unsaturated/α-hetero) is 1. The first kappa shape index (κ1) is 14.5. The van der Waals surface area contributed by atoms with Gasteiger partial charge < -0.3 is 0 Å². The van der Waals surface area contributed by atoms with E-state index in [0.29, 0.717) is 18.3 Å². The quantitative estimate of drug-likeness (QED) is 0.688. The summed E-state index contributed by atoms with van der Waals surface area (Å²) >= 11 is 0. The van der Waals surface area contributed by atoms with Crippen LogP contribution in [0.4, 0.5) is 0 Å². The van der Waals surface area contributed by atoms with Crippen molar-refractivity contribution in [3.63, 3.8) is 0 Å². The van der Waals surface area contributed by atoms with Gasteiger partial charge in [-0.2, -0.15) is 0 Å². The first-order chi connectivity index (χ1) is 9.66. The van der Waals surface area contributed by atoms with Gasteiger partial charge in [0.2, 0.25) is 0 Å². The van der Waals surface area contributed by atoms with Crippen LogP contribution in [0.15, 0.2) is 60.7 Å². The number of ketones is 1. The van der Waals surface area contributed by atoms with Gasteiger partial charge in [-0.3, -0.25) is 4.79 Å². The van der Waals surface area contributed by atoms with Crippen molar-refractivity contribution in [3.8, 4) is 0 Å². The van der Waals surface area contributed by atoms with Crippen LogP contribution in [0.5, 0.6) is 0 Å². The molecule has 0 spiro atoms. The van der Waals surface area contributed by atoms with E-state index in [1.165, 1.54) is 5.56 Å². The topological polar surface area (TPSA) is 17.1 Å². The Labute approximate surface area is 121 Å². The van der Waals surface area contributed by atoms with E-state index < -0.39 is 0 Å². The molecular formula is C19H22O. The predicted octanol–water partition coefficient (Wildman–Crippen LogP) is 4.77. The lowest BCUT2D eigenvalue weighted by Gasteiger charge is -2.19. The molecule has 0 amide bonds. The second-order valence-electron chi connectivity index (χ2n) is 5.64. The highest BCUT2D eigenvalue weighted by Crippen LogP contribution is 2.21. The molecule has 20 heavy (non-hydrogen) atoms. The van der Waals surface area contributed by atoms with E-state index in [9.17, 15) is 4.79 Å². The van der Waals surface area contributed by atoms with Crippen molar-refractivity contribution in [1.29, 1.82) is 0 Å². The lowest BCUT2D eigenvalue weighted by Crippen LogP contribution is -2.15. The summed E-state index contributed by atoms with van der Waals surface area (Å²) in [6.45, 7) is 4.41. The maximum atomic E-state index is 12.2. The fourth-order valence-electron chi connectivity index (χ4n) is 2.42. The van der Waals surface area contributed by atoms with Gasteiger partial charge in [0.05, 0.1) is 0 Å². The minimum absolute atomic E-state index is 0.248. The van der Waals surface area contributed by atoms with Gasteiger partial charge in [0.15, 0.2) is 5.78 Å². The largest absolute Gasteiger partial charge is 0.294 e. The van der Waals surface area contributed by atoms with E-state index in [0.717, 1.165) is 12.0 Å². The second kappa shape index (κ2) is 7.04. The van der Waals surface area contributed by atoms with Crippen molar-refractivity contribution in [1.82, 2.24) is 0 Å². The van der Waals surface area contributed by atoms with Gasteiger partial charge in [-0.1, -0.05) is 74.5 Å². The summed E-state index contributed by atoms with van der Waals surface area (Å²) in [4.78, 5) is 12.2. The number of rotatable bonds is 6. The Balaban J connectivity index is 1.91. The highest BCUT2D eigenvalue weighted by molar-refractivity contribution is 5.96. The molecule has 0 aliphatic rings. The Morgan fingerprint density at radius 2 is 1.40 bits per heavy atom. The number of carbonyl (C=O) groups excluding carboxylic acids is 1. The Morgan fingerprint density at radius 1 is 0.850 bits per heavy atom. The van der Waals surface area contributed by atoms with Crippen LogP contribution in [-0.4, -0.2) is 5.78 Å². The van der Waals surface area contributed by atoms with Crippen molar-refractivity contribution in [2.75, 3.05) is 0 Å². The van der Waals surface area contributed by atoms with Crippen LogP contribution in [0.1, 0.15) is 36.2 Å². The smallest absolute Gasteiger partial charge is 0.163 e. The molecule has 0 saturated heterocycles. The summed E-state index contributed by atoms with van der Waals surface area (Å²) in [6, 6.07) is 20.1. The summed E-state index contributed by atoms with van der Waals surface area (Å²) in [7, 11) is 0. The van der Waals surface area contributed by atoms with E-state index in [2.05, 4.69) is 38.1 Å². The molecular weight excluding hydrogens is 244 g/mol. The molecule has 0 bridgehead atoms. The normalized spacial score (nSPS) is 13.7. The predicted molar refractivity (Wildman–Crippen MR) is 83.9 cm³/mol. The molecule has 0 aliphatic carbocycles. The molecule has 2 rings (SSSR count). The molecule has 0 saturated carbocycles. The fourth-order valence-corrected chi connectivity index (χ4v) is 2.42. The van der Waals surface area contributed by atoms with Crippen LogP contribution in [0.3, 0.4) is 0 Å². The van der Waals surface area contributed by atoms with Crippen molar-refractivity contribution in [2.45, 2.75) is 26.7 Å². The van der Waals surface area contributed by atoms with Gasteiger partial charge >= 0.3 is 0 Å². The molecule has 1 heteroatoms. The van der Waals surface area contributed by atoms with Crippen LogP contribution in [0.2, 0.25) is 0 Å². The highest BCUT2D eigenvalue weighted by Gasteiger charge is 2.17. The highest BCUT2D eigenvalue weighted by atomic mass is 16.1. The van der Waals surface area contributed by atoms with Crippen LogP contribution in [0.25, 0.3) is 0 Å². The molecule has 0 N–H and O–H groups in total. The Morgan fingerprint density at radius 3 is 2.00 bits per heavy atom. The molecule has 0 aliphatic heterocycles. The van der Waals surface area contributed by atoms with Crippen molar-refractivity contribution in [3.05, 3.63) is 71.8 Å². The van der Waals surface area contributed by atoms with Crippen molar-refractivity contribution >= 4 is 5.78 Å². The van der Waals surface area contributed by atoms with Crippen LogP contribution in [-0.2, 0) is 6.42 Å². The van der Waals surface area contributed by atoms with Gasteiger partial charge in [-0.05, 0) is 23.8 Å². The summed E-state index contributed by atoms with van der Waals surface area (Å²) in [6.07, 6.45) is 1.65. The van der Waals surface area contributed by atoms with Gasteiger partial charge in [-0.25, -0.2) is 0 Å². The number of benzene rings is 2. The Kier molecular flexibility index (Phi) is 5.11. The minimum atomic E-state index is 0.248. The molecule has 0 heterocycles. The molecule has 2 aromatic rings. The van der Waals surface area contributed by atoms with E-state index in [4.69, 9.17) is 0 Å². The molecule has 2 aromatic carbocycles. The molecule has 2 unspecified atom stereocenters. The first-order valence-corrected chi connectivity index (χ1v) is 7.29. The van der Waals surface area contributed by atoms with Gasteiger partial charge in [0.25, 0.3) is 0 Å². The monoisotopic (exact) mass is 266 g/mol. The minimum Gasteiger partial charge on any atom is -0.294 e. The first-order valence-electron chi connectivity index (χ1n) is 7.29. The van der Waals surface area contributed by atoms with Gasteiger partial charge in [0, 0.05) is 12.0 Å². The molecule has 2 atom stereocenters. The fraction of sp³-hybridized carbons (Fsp3) is 0.316. The Hall–Kier alpha value is -1.89. The average molecular weight is 266 g/mol. The zero-order valence-corrected chi connectivity index (χ0v) is 12.3. The maximum Gasteiger partial charge on any atom is 0.163 e. The second-order valence-corrected chi connectivity index (χ2v) is 5.64. The van der Waals surface area contributed by atoms with Crippen LogP contribution >= 0.6 is 0 Å². The van der Waals surface area contributed by atoms with Gasteiger partial charge in [0.1, 0.15) is 0 Å². The summed E-state index contributed by atoms with van der Waals surface area (Å²) in [5.74, 6) is 1.14. The van der Waals surface area contributed by atoms with E-state index >= 15 is 0 Å². The maximum absolute atomic E-state index is 12.2. The third-order valence-corrected chi connectivity index (χ3v) is 3.98. The molecule has 0 aromatic heterocycles. The SMILES string of the molecule is CC(CC(=O)c1ccccc1)C(C)Cc1ccccc1. The van der Waals surface area contributed by atoms with Gasteiger partial charge in [-0.15, -0.1) is 0 Å². The molecule has 1 nitrogen and oxygen atoms in total. The number of hydrogen-bond acceptors (Lipinski definition) is 1. The summed E-state index contributed by atoms with van der Waals surface area (Å²) in [5, 5.41) is 0. The summed E-state index contributed by atoms with van der Waals surface area (Å²) in [5.41, 5.74) is 2.17. The zero-order valence-electron chi connectivity index (χ0n) is 12.3. The number of carbonyl (C=O) groups is 1. The van der Waals surface area contributed by atoms with Crippen LogP contribution < -0.4 is 0 Å². The molecule has 104 valence electrons. The molecule has 0 radical (unpaired) electrons. The van der Waals surface area contributed by atoms with E-state index in [1.54, 1.807) is 0 Å². The van der Waals surface area contributed by atoms with Crippen molar-refractivity contribution < 1.29 is 4.79 Å². The van der Waals surface area contributed by atoms with Crippen LogP contribution in [0, 0.1) is 11.8 Å². The lowest BCUT2D eigenvalue weighted by atomic mass is 9.85.